The Bertz CT molecular complexity index is 1120. The van der Waals surface area contributed by atoms with E-state index in [-0.39, 0.29) is 11.8 Å². The van der Waals surface area contributed by atoms with Crippen LogP contribution >= 0.6 is 0 Å². The molecule has 1 aliphatic heterocycles. The Balaban J connectivity index is 1.45. The van der Waals surface area contributed by atoms with E-state index in [4.69, 9.17) is 9.47 Å². The molecule has 0 saturated heterocycles. The van der Waals surface area contributed by atoms with E-state index in [9.17, 15) is 17.2 Å². The molecule has 28 heavy (non-hydrogen) atoms. The smallest absolute Gasteiger partial charge is 0.264 e. The number of para-hydroxylation sites is 2. The number of benzene rings is 2. The van der Waals surface area contributed by atoms with E-state index in [1.54, 1.807) is 12.1 Å². The summed E-state index contributed by atoms with van der Waals surface area (Å²) < 4.78 is 66.6. The second kappa shape index (κ2) is 7.12. The monoisotopic (exact) mass is 407 g/mol. The van der Waals surface area contributed by atoms with Gasteiger partial charge in [0, 0.05) is 12.3 Å². The number of aromatic nitrogens is 2. The third kappa shape index (κ3) is 3.77. The fourth-order valence-corrected chi connectivity index (χ4v) is 3.87. The van der Waals surface area contributed by atoms with Crippen LogP contribution in [0.4, 0.5) is 14.5 Å². The highest BCUT2D eigenvalue weighted by molar-refractivity contribution is 7.92. The van der Waals surface area contributed by atoms with Crippen molar-refractivity contribution >= 4 is 15.7 Å². The van der Waals surface area contributed by atoms with Gasteiger partial charge in [-0.25, -0.2) is 17.2 Å². The molecule has 7 nitrogen and oxygen atoms in total. The zero-order valence-electron chi connectivity index (χ0n) is 14.4. The van der Waals surface area contributed by atoms with Crippen LogP contribution in [0.25, 0.3) is 0 Å². The maximum Gasteiger partial charge on any atom is 0.264 e. The summed E-state index contributed by atoms with van der Waals surface area (Å²) in [7, 11) is -4.22. The molecule has 3 aromatic rings. The number of anilines is 1. The molecule has 4 rings (SSSR count). The number of hydrogen-bond donors (Lipinski definition) is 1. The molecule has 0 saturated carbocycles. The molecule has 10 heteroatoms. The Morgan fingerprint density at radius 2 is 1.96 bits per heavy atom. The number of fused-ring (bicyclic) bond motifs is 1. The minimum Gasteiger partial charge on any atom is -0.486 e. The zero-order chi connectivity index (χ0) is 19.7. The van der Waals surface area contributed by atoms with Crippen LogP contribution in [-0.2, 0) is 16.6 Å². The molecule has 0 aliphatic carbocycles. The maximum absolute atomic E-state index is 13.8. The van der Waals surface area contributed by atoms with Gasteiger partial charge in [-0.3, -0.25) is 9.40 Å². The van der Waals surface area contributed by atoms with E-state index in [0.29, 0.717) is 30.7 Å². The van der Waals surface area contributed by atoms with E-state index in [2.05, 4.69) is 9.82 Å². The minimum atomic E-state index is -4.22. The van der Waals surface area contributed by atoms with Gasteiger partial charge in [-0.05, 0) is 24.3 Å². The Labute approximate surface area is 159 Å². The lowest BCUT2D eigenvalue weighted by atomic mass is 10.2. The largest absolute Gasteiger partial charge is 0.486 e. The van der Waals surface area contributed by atoms with Crippen molar-refractivity contribution in [1.82, 2.24) is 9.78 Å². The van der Waals surface area contributed by atoms with Gasteiger partial charge in [0.25, 0.3) is 10.0 Å². The molecule has 1 aromatic heterocycles. The third-order valence-corrected chi connectivity index (χ3v) is 5.44. The van der Waals surface area contributed by atoms with Gasteiger partial charge < -0.3 is 9.47 Å². The van der Waals surface area contributed by atoms with Crippen molar-refractivity contribution in [1.29, 1.82) is 0 Å². The van der Waals surface area contributed by atoms with Crippen LogP contribution in [0.15, 0.2) is 59.8 Å². The highest BCUT2D eigenvalue weighted by Crippen LogP contribution is 2.31. The molecule has 0 bridgehead atoms. The van der Waals surface area contributed by atoms with Crippen LogP contribution in [0.2, 0.25) is 0 Å². The molecule has 0 amide bonds. The average molecular weight is 407 g/mol. The van der Waals surface area contributed by atoms with E-state index in [1.807, 2.05) is 12.1 Å². The molecule has 0 radical (unpaired) electrons. The van der Waals surface area contributed by atoms with Gasteiger partial charge in [0.2, 0.25) is 0 Å². The summed E-state index contributed by atoms with van der Waals surface area (Å²) in [6.45, 7) is 0.639. The second-order valence-electron chi connectivity index (χ2n) is 6.13. The number of nitrogens with zero attached hydrogens (tertiary/aromatic N) is 2. The number of nitrogens with one attached hydrogen (secondary N) is 1. The predicted octanol–water partition coefficient (Wildman–Crippen LogP) is 2.80. The van der Waals surface area contributed by atoms with Crippen molar-refractivity contribution in [3.8, 4) is 11.5 Å². The Hall–Kier alpha value is -3.14. The molecule has 0 spiro atoms. The highest BCUT2D eigenvalue weighted by atomic mass is 32.2. The lowest BCUT2D eigenvalue weighted by Gasteiger charge is -2.26. The summed E-state index contributed by atoms with van der Waals surface area (Å²) in [5.74, 6) is -0.750. The van der Waals surface area contributed by atoms with Crippen molar-refractivity contribution < 1.29 is 26.7 Å². The van der Waals surface area contributed by atoms with Gasteiger partial charge in [0.15, 0.2) is 17.6 Å². The van der Waals surface area contributed by atoms with E-state index in [1.165, 1.54) is 17.1 Å². The summed E-state index contributed by atoms with van der Waals surface area (Å²) in [4.78, 5) is -0.651. The summed E-state index contributed by atoms with van der Waals surface area (Å²) in [5, 5.41) is 4.08. The van der Waals surface area contributed by atoms with Gasteiger partial charge in [-0.2, -0.15) is 5.10 Å². The maximum atomic E-state index is 13.8. The Kier molecular flexibility index (Phi) is 4.63. The number of hydrogen-bond acceptors (Lipinski definition) is 5. The first-order valence-electron chi connectivity index (χ1n) is 8.29. The van der Waals surface area contributed by atoms with Crippen LogP contribution in [-0.4, -0.2) is 30.9 Å². The van der Waals surface area contributed by atoms with Crippen molar-refractivity contribution in [2.75, 3.05) is 11.3 Å². The van der Waals surface area contributed by atoms with Crippen LogP contribution in [0.1, 0.15) is 0 Å². The van der Waals surface area contributed by atoms with Crippen molar-refractivity contribution in [2.45, 2.75) is 17.5 Å². The zero-order valence-corrected chi connectivity index (χ0v) is 15.2. The Morgan fingerprint density at radius 1 is 1.18 bits per heavy atom. The predicted molar refractivity (Wildman–Crippen MR) is 95.7 cm³/mol. The van der Waals surface area contributed by atoms with Crippen LogP contribution in [0.5, 0.6) is 11.5 Å². The lowest BCUT2D eigenvalue weighted by Crippen LogP contribution is -2.33. The summed E-state index contributed by atoms with van der Waals surface area (Å²) >= 11 is 0. The van der Waals surface area contributed by atoms with Crippen LogP contribution in [0, 0.1) is 11.6 Å². The quantitative estimate of drug-likeness (QED) is 0.703. The Morgan fingerprint density at radius 3 is 2.75 bits per heavy atom. The van der Waals surface area contributed by atoms with Gasteiger partial charge in [0.1, 0.15) is 23.1 Å². The SMILES string of the molecule is O=S(=O)(Nc1cnn(CC2COc3ccccc3O2)c1)c1ccc(F)cc1F. The van der Waals surface area contributed by atoms with Gasteiger partial charge >= 0.3 is 0 Å². The first kappa shape index (κ1) is 18.2. The summed E-state index contributed by atoms with van der Waals surface area (Å²) in [6.07, 6.45) is 2.42. The summed E-state index contributed by atoms with van der Waals surface area (Å²) in [6, 6.07) is 9.53. The molecular formula is C18H15F2N3O4S. The minimum absolute atomic E-state index is 0.140. The topological polar surface area (TPSA) is 82.5 Å². The first-order valence-corrected chi connectivity index (χ1v) is 9.78. The van der Waals surface area contributed by atoms with Gasteiger partial charge in [-0.1, -0.05) is 12.1 Å². The standard InChI is InChI=1S/C18H15F2N3O4S/c19-12-5-6-18(15(20)7-12)28(24,25)22-13-8-21-23(9-13)10-14-11-26-16-3-1-2-4-17(16)27-14/h1-9,14,22H,10-11H2. The molecule has 1 N–H and O–H groups in total. The van der Waals surface area contributed by atoms with Gasteiger partial charge in [-0.15, -0.1) is 0 Å². The second-order valence-corrected chi connectivity index (χ2v) is 7.78. The molecule has 1 aliphatic rings. The first-order chi connectivity index (χ1) is 13.4. The fraction of sp³-hybridized carbons (Fsp3) is 0.167. The van der Waals surface area contributed by atoms with Crippen LogP contribution in [0.3, 0.4) is 0 Å². The number of sulfonamides is 1. The van der Waals surface area contributed by atoms with E-state index >= 15 is 0 Å². The van der Waals surface area contributed by atoms with Crippen LogP contribution < -0.4 is 14.2 Å². The molecule has 1 atom stereocenters. The highest BCUT2D eigenvalue weighted by Gasteiger charge is 2.23. The molecule has 1 unspecified atom stereocenters. The molecule has 2 aromatic carbocycles. The number of ether oxygens (including phenoxy) is 2. The molecule has 2 heterocycles. The van der Waals surface area contributed by atoms with E-state index < -0.39 is 26.6 Å². The molecule has 0 fully saturated rings. The number of halogens is 2. The third-order valence-electron chi connectivity index (χ3n) is 4.03. The lowest BCUT2D eigenvalue weighted by molar-refractivity contribution is 0.0759. The van der Waals surface area contributed by atoms with Crippen molar-refractivity contribution in [2.24, 2.45) is 0 Å². The molecule has 146 valence electrons. The average Bonchev–Trinajstić information content (AvgIpc) is 3.07. The van der Waals surface area contributed by atoms with Crippen molar-refractivity contribution in [3.63, 3.8) is 0 Å². The molecular weight excluding hydrogens is 392 g/mol. The normalized spacial score (nSPS) is 16.0. The van der Waals surface area contributed by atoms with Crippen molar-refractivity contribution in [3.05, 3.63) is 66.5 Å². The van der Waals surface area contributed by atoms with E-state index in [0.717, 1.165) is 12.1 Å². The number of rotatable bonds is 5. The summed E-state index contributed by atoms with van der Waals surface area (Å²) in [5.41, 5.74) is 0.140. The fourth-order valence-electron chi connectivity index (χ4n) is 2.78. The van der Waals surface area contributed by atoms with Gasteiger partial charge in [0.05, 0.1) is 18.4 Å².